The van der Waals surface area contributed by atoms with Gasteiger partial charge in [0.1, 0.15) is 17.0 Å². The monoisotopic (exact) mass is 349 g/mol. The predicted molar refractivity (Wildman–Crippen MR) is 98.6 cm³/mol. The number of nitriles is 1. The lowest BCUT2D eigenvalue weighted by atomic mass is 10.0. The first-order valence-corrected chi connectivity index (χ1v) is 8.37. The zero-order chi connectivity index (χ0) is 17.6. The molecule has 3 rings (SSSR count). The fraction of sp³-hybridized carbons (Fsp3) is 0. The number of benzene rings is 3. The van der Waals surface area contributed by atoms with Crippen molar-refractivity contribution in [3.05, 3.63) is 89.5 Å². The van der Waals surface area contributed by atoms with Gasteiger partial charge in [0, 0.05) is 0 Å². The summed E-state index contributed by atoms with van der Waals surface area (Å²) in [5, 5.41) is 10.3. The molecule has 0 aliphatic heterocycles. The Morgan fingerprint density at radius 2 is 1.32 bits per heavy atom. The zero-order valence-electron chi connectivity index (χ0n) is 13.1. The fourth-order valence-electron chi connectivity index (χ4n) is 2.41. The number of rotatable bonds is 4. The van der Waals surface area contributed by atoms with Crippen molar-refractivity contribution in [2.75, 3.05) is 0 Å². The molecule has 0 aliphatic carbocycles. The average molecular weight is 349 g/mol. The van der Waals surface area contributed by atoms with E-state index in [1.807, 2.05) is 66.7 Å². The molecule has 1 nitrogen and oxygen atoms in total. The van der Waals surface area contributed by atoms with E-state index in [0.29, 0.717) is 22.9 Å². The predicted octanol–water partition coefficient (Wildman–Crippen LogP) is 6.38. The molecule has 25 heavy (non-hydrogen) atoms. The van der Waals surface area contributed by atoms with Crippen LogP contribution in [0.15, 0.2) is 71.6 Å². The molecular formula is C21H13F2NS. The van der Waals surface area contributed by atoms with Gasteiger partial charge in [-0.25, -0.2) is 8.78 Å². The standard InChI is InChI=1S/C21H13F2NS/c22-19-12-18(13-20(23)21(19)25-14-24)17-10-8-16(9-11-17)7-6-15-4-2-1-3-5-15/h1-13H. The first-order valence-electron chi connectivity index (χ1n) is 7.56. The molecule has 122 valence electrons. The van der Waals surface area contributed by atoms with Crippen molar-refractivity contribution in [3.63, 3.8) is 0 Å². The highest BCUT2D eigenvalue weighted by atomic mass is 32.2. The Hall–Kier alpha value is -2.90. The summed E-state index contributed by atoms with van der Waals surface area (Å²) in [5.41, 5.74) is 3.24. The molecule has 3 aromatic rings. The van der Waals surface area contributed by atoms with E-state index in [4.69, 9.17) is 5.26 Å². The van der Waals surface area contributed by atoms with Gasteiger partial charge in [-0.3, -0.25) is 0 Å². The highest BCUT2D eigenvalue weighted by Crippen LogP contribution is 2.30. The van der Waals surface area contributed by atoms with Gasteiger partial charge in [-0.2, -0.15) is 5.26 Å². The summed E-state index contributed by atoms with van der Waals surface area (Å²) >= 11 is 0.486. The second-order valence-corrected chi connectivity index (χ2v) is 6.12. The van der Waals surface area contributed by atoms with Gasteiger partial charge < -0.3 is 0 Å². The highest BCUT2D eigenvalue weighted by Gasteiger charge is 2.12. The minimum atomic E-state index is -0.727. The largest absolute Gasteiger partial charge is 0.206 e. The van der Waals surface area contributed by atoms with E-state index in [2.05, 4.69) is 0 Å². The van der Waals surface area contributed by atoms with Crippen LogP contribution in [0.2, 0.25) is 0 Å². The molecule has 0 spiro atoms. The van der Waals surface area contributed by atoms with E-state index < -0.39 is 11.6 Å². The molecule has 0 atom stereocenters. The zero-order valence-corrected chi connectivity index (χ0v) is 13.9. The van der Waals surface area contributed by atoms with Crippen molar-refractivity contribution in [2.24, 2.45) is 0 Å². The van der Waals surface area contributed by atoms with Crippen LogP contribution in [-0.2, 0) is 0 Å². The molecule has 0 heterocycles. The maximum absolute atomic E-state index is 13.9. The van der Waals surface area contributed by atoms with Gasteiger partial charge in [0.2, 0.25) is 0 Å². The SMILES string of the molecule is N#CSc1c(F)cc(-c2ccc(C=Cc3ccccc3)cc2)cc1F. The summed E-state index contributed by atoms with van der Waals surface area (Å²) < 4.78 is 27.9. The first-order chi connectivity index (χ1) is 12.2. The van der Waals surface area contributed by atoms with Crippen LogP contribution in [-0.4, -0.2) is 0 Å². The lowest BCUT2D eigenvalue weighted by molar-refractivity contribution is 0.542. The summed E-state index contributed by atoms with van der Waals surface area (Å²) in [6.07, 6.45) is 3.98. The van der Waals surface area contributed by atoms with Gasteiger partial charge in [0.05, 0.1) is 4.90 Å². The summed E-state index contributed by atoms with van der Waals surface area (Å²) in [6.45, 7) is 0. The van der Waals surface area contributed by atoms with Crippen LogP contribution < -0.4 is 0 Å². The van der Waals surface area contributed by atoms with Crippen molar-refractivity contribution in [2.45, 2.75) is 4.90 Å². The Bertz CT molecular complexity index is 919. The Morgan fingerprint density at radius 3 is 1.88 bits per heavy atom. The van der Waals surface area contributed by atoms with Gasteiger partial charge >= 0.3 is 0 Å². The van der Waals surface area contributed by atoms with Gasteiger partial charge in [0.25, 0.3) is 0 Å². The third-order valence-corrected chi connectivity index (χ3v) is 4.34. The van der Waals surface area contributed by atoms with Crippen molar-refractivity contribution < 1.29 is 8.78 Å². The minimum absolute atomic E-state index is 0.270. The molecular weight excluding hydrogens is 336 g/mol. The molecule has 0 N–H and O–H groups in total. The molecule has 3 aromatic carbocycles. The Kier molecular flexibility index (Phi) is 5.27. The molecule has 0 saturated carbocycles. The van der Waals surface area contributed by atoms with Gasteiger partial charge in [-0.05, 0) is 46.1 Å². The fourth-order valence-corrected chi connectivity index (χ4v) is 2.82. The minimum Gasteiger partial charge on any atom is -0.206 e. The molecule has 0 aromatic heterocycles. The average Bonchev–Trinajstić information content (AvgIpc) is 2.64. The second-order valence-electron chi connectivity index (χ2n) is 5.33. The van der Waals surface area contributed by atoms with Crippen LogP contribution in [0.5, 0.6) is 0 Å². The van der Waals surface area contributed by atoms with E-state index >= 15 is 0 Å². The van der Waals surface area contributed by atoms with Crippen molar-refractivity contribution in [3.8, 4) is 16.5 Å². The topological polar surface area (TPSA) is 23.8 Å². The summed E-state index contributed by atoms with van der Waals surface area (Å²) in [6, 6.07) is 19.8. The summed E-state index contributed by atoms with van der Waals surface area (Å²) in [5.74, 6) is -1.45. The highest BCUT2D eigenvalue weighted by molar-refractivity contribution is 8.03. The molecule has 0 aliphatic rings. The van der Waals surface area contributed by atoms with E-state index in [1.54, 1.807) is 5.40 Å². The molecule has 0 radical (unpaired) electrons. The molecule has 4 heteroatoms. The molecule has 0 amide bonds. The summed E-state index contributed by atoms with van der Waals surface area (Å²) in [4.78, 5) is -0.270. The van der Waals surface area contributed by atoms with Crippen LogP contribution in [0, 0.1) is 22.3 Å². The third kappa shape index (κ3) is 4.14. The van der Waals surface area contributed by atoms with E-state index in [9.17, 15) is 8.78 Å². The lowest BCUT2D eigenvalue weighted by Gasteiger charge is -2.06. The maximum Gasteiger partial charge on any atom is 0.141 e. The number of halogens is 2. The summed E-state index contributed by atoms with van der Waals surface area (Å²) in [7, 11) is 0. The van der Waals surface area contributed by atoms with Gasteiger partial charge in [-0.15, -0.1) is 0 Å². The smallest absolute Gasteiger partial charge is 0.141 e. The van der Waals surface area contributed by atoms with E-state index in [1.165, 1.54) is 12.1 Å². The molecule has 0 saturated heterocycles. The van der Waals surface area contributed by atoms with Crippen LogP contribution in [0.1, 0.15) is 11.1 Å². The molecule has 0 fully saturated rings. The normalized spacial score (nSPS) is 10.8. The Labute approximate surface area is 149 Å². The number of thiocyanates is 1. The van der Waals surface area contributed by atoms with Crippen LogP contribution in [0.3, 0.4) is 0 Å². The number of hydrogen-bond donors (Lipinski definition) is 0. The lowest BCUT2D eigenvalue weighted by Crippen LogP contribution is -1.89. The third-order valence-electron chi connectivity index (χ3n) is 3.66. The van der Waals surface area contributed by atoms with Crippen molar-refractivity contribution >= 4 is 23.9 Å². The quantitative estimate of drug-likeness (QED) is 0.310. The number of hydrogen-bond acceptors (Lipinski definition) is 2. The van der Waals surface area contributed by atoms with Crippen molar-refractivity contribution in [1.82, 2.24) is 0 Å². The molecule has 0 bridgehead atoms. The second kappa shape index (κ2) is 7.78. The van der Waals surface area contributed by atoms with Gasteiger partial charge in [0.15, 0.2) is 0 Å². The van der Waals surface area contributed by atoms with Crippen LogP contribution >= 0.6 is 11.8 Å². The van der Waals surface area contributed by atoms with Gasteiger partial charge in [-0.1, -0.05) is 66.7 Å². The Balaban J connectivity index is 1.83. The van der Waals surface area contributed by atoms with Crippen LogP contribution in [0.4, 0.5) is 8.78 Å². The first kappa shape index (κ1) is 16.9. The van der Waals surface area contributed by atoms with E-state index in [0.717, 1.165) is 11.1 Å². The van der Waals surface area contributed by atoms with E-state index in [-0.39, 0.29) is 4.90 Å². The number of thioether (sulfide) groups is 1. The maximum atomic E-state index is 13.9. The Morgan fingerprint density at radius 1 is 0.760 bits per heavy atom. The molecule has 0 unspecified atom stereocenters. The van der Waals surface area contributed by atoms with Crippen molar-refractivity contribution in [1.29, 1.82) is 5.26 Å². The van der Waals surface area contributed by atoms with Crippen LogP contribution in [0.25, 0.3) is 23.3 Å². The number of nitrogens with zero attached hydrogens (tertiary/aromatic N) is 1.